The molecule has 0 aliphatic carbocycles. The third-order valence-electron chi connectivity index (χ3n) is 3.89. The average Bonchev–Trinajstić information content (AvgIpc) is 2.47. The van der Waals surface area contributed by atoms with Crippen LogP contribution in [0.4, 0.5) is 5.82 Å². The van der Waals surface area contributed by atoms with Gasteiger partial charge >= 0.3 is 0 Å². The Morgan fingerprint density at radius 1 is 1.19 bits per heavy atom. The number of hydrogen-bond donors (Lipinski definition) is 0. The molecule has 2 aromatic rings. The van der Waals surface area contributed by atoms with Crippen LogP contribution in [0.2, 0.25) is 0 Å². The Bertz CT molecular complexity index is 579. The number of nitrogens with zero attached hydrogens (tertiary/aromatic N) is 5. The summed E-state index contributed by atoms with van der Waals surface area (Å²) in [6.45, 7) is 6.13. The van der Waals surface area contributed by atoms with E-state index in [0.29, 0.717) is 5.92 Å². The predicted octanol–water partition coefficient (Wildman–Crippen LogP) is 2.34. The molecule has 0 spiro atoms. The van der Waals surface area contributed by atoms with Crippen molar-refractivity contribution in [2.45, 2.75) is 33.1 Å². The van der Waals surface area contributed by atoms with Crippen molar-refractivity contribution in [3.63, 3.8) is 0 Å². The van der Waals surface area contributed by atoms with Crippen molar-refractivity contribution in [2.24, 2.45) is 5.92 Å². The first kappa shape index (κ1) is 13.9. The molecule has 1 aliphatic rings. The lowest BCUT2D eigenvalue weighted by molar-refractivity contribution is 0.404. The lowest BCUT2D eigenvalue weighted by Gasteiger charge is -2.33. The first-order valence-electron chi connectivity index (χ1n) is 7.53. The second-order valence-electron chi connectivity index (χ2n) is 5.79. The highest BCUT2D eigenvalue weighted by atomic mass is 15.2. The molecule has 1 aliphatic heterocycles. The van der Waals surface area contributed by atoms with Crippen molar-refractivity contribution >= 4 is 5.82 Å². The first-order valence-corrected chi connectivity index (χ1v) is 7.53. The van der Waals surface area contributed by atoms with E-state index in [9.17, 15) is 0 Å². The van der Waals surface area contributed by atoms with Gasteiger partial charge in [-0.1, -0.05) is 0 Å². The fraction of sp³-hybridized carbons (Fsp3) is 0.500. The zero-order valence-corrected chi connectivity index (χ0v) is 12.7. The third kappa shape index (κ3) is 3.54. The van der Waals surface area contributed by atoms with Gasteiger partial charge in [-0.2, -0.15) is 0 Å². The number of aryl methyl sites for hydroxylation is 2. The van der Waals surface area contributed by atoms with Crippen LogP contribution in [-0.4, -0.2) is 33.0 Å². The van der Waals surface area contributed by atoms with Crippen LogP contribution in [0.3, 0.4) is 0 Å². The minimum Gasteiger partial charge on any atom is -0.355 e. The number of rotatable bonds is 3. The molecule has 21 heavy (non-hydrogen) atoms. The van der Waals surface area contributed by atoms with Crippen molar-refractivity contribution in [1.29, 1.82) is 0 Å². The van der Waals surface area contributed by atoms with E-state index in [-0.39, 0.29) is 0 Å². The normalized spacial score (nSPS) is 18.8. The van der Waals surface area contributed by atoms with Crippen LogP contribution in [0.1, 0.15) is 30.1 Å². The van der Waals surface area contributed by atoms with Gasteiger partial charge in [0.15, 0.2) is 0 Å². The SMILES string of the molecule is Cc1cc(C)nc(C[C@@H]2CCCN(c3cnccn3)C2)n1. The van der Waals surface area contributed by atoms with Gasteiger partial charge in [0.05, 0.1) is 6.20 Å². The molecule has 0 amide bonds. The maximum Gasteiger partial charge on any atom is 0.147 e. The topological polar surface area (TPSA) is 54.8 Å². The van der Waals surface area contributed by atoms with Gasteiger partial charge in [-0.3, -0.25) is 4.98 Å². The van der Waals surface area contributed by atoms with Crippen LogP contribution in [-0.2, 0) is 6.42 Å². The van der Waals surface area contributed by atoms with Crippen LogP contribution < -0.4 is 4.90 Å². The molecule has 5 nitrogen and oxygen atoms in total. The Morgan fingerprint density at radius 3 is 2.71 bits per heavy atom. The van der Waals surface area contributed by atoms with Crippen molar-refractivity contribution in [3.8, 4) is 0 Å². The first-order chi connectivity index (χ1) is 10.2. The van der Waals surface area contributed by atoms with Gasteiger partial charge in [0.2, 0.25) is 0 Å². The second kappa shape index (κ2) is 6.16. The van der Waals surface area contributed by atoms with Gasteiger partial charge in [0.25, 0.3) is 0 Å². The van der Waals surface area contributed by atoms with E-state index in [1.807, 2.05) is 26.1 Å². The Kier molecular flexibility index (Phi) is 4.08. The van der Waals surface area contributed by atoms with Crippen LogP contribution in [0.5, 0.6) is 0 Å². The van der Waals surface area contributed by atoms with Gasteiger partial charge in [0, 0.05) is 43.3 Å². The zero-order chi connectivity index (χ0) is 14.7. The van der Waals surface area contributed by atoms with Crippen molar-refractivity contribution < 1.29 is 0 Å². The highest BCUT2D eigenvalue weighted by Gasteiger charge is 2.22. The summed E-state index contributed by atoms with van der Waals surface area (Å²) in [6.07, 6.45) is 8.67. The van der Waals surface area contributed by atoms with Gasteiger partial charge in [0.1, 0.15) is 11.6 Å². The predicted molar refractivity (Wildman–Crippen MR) is 82.2 cm³/mol. The molecule has 110 valence electrons. The maximum atomic E-state index is 4.57. The second-order valence-corrected chi connectivity index (χ2v) is 5.79. The Morgan fingerprint density at radius 2 is 2.00 bits per heavy atom. The molecule has 0 N–H and O–H groups in total. The summed E-state index contributed by atoms with van der Waals surface area (Å²) in [4.78, 5) is 20.0. The molecule has 0 saturated carbocycles. The molecule has 1 saturated heterocycles. The van der Waals surface area contributed by atoms with E-state index in [1.54, 1.807) is 12.4 Å². The minimum atomic E-state index is 0.585. The van der Waals surface area contributed by atoms with E-state index in [0.717, 1.165) is 42.5 Å². The molecule has 2 aromatic heterocycles. The summed E-state index contributed by atoms with van der Waals surface area (Å²) in [5.74, 6) is 2.53. The fourth-order valence-corrected chi connectivity index (χ4v) is 3.04. The third-order valence-corrected chi connectivity index (χ3v) is 3.89. The van der Waals surface area contributed by atoms with Crippen LogP contribution >= 0.6 is 0 Å². The molecule has 1 atom stereocenters. The fourth-order valence-electron chi connectivity index (χ4n) is 3.04. The number of hydrogen-bond acceptors (Lipinski definition) is 5. The minimum absolute atomic E-state index is 0.585. The molecule has 0 unspecified atom stereocenters. The van der Waals surface area contributed by atoms with Gasteiger partial charge < -0.3 is 4.90 Å². The number of anilines is 1. The summed E-state index contributed by atoms with van der Waals surface area (Å²) in [7, 11) is 0. The summed E-state index contributed by atoms with van der Waals surface area (Å²) in [6, 6.07) is 2.02. The lowest BCUT2D eigenvalue weighted by Crippen LogP contribution is -2.37. The number of piperidine rings is 1. The summed E-state index contributed by atoms with van der Waals surface area (Å²) in [5, 5.41) is 0. The van der Waals surface area contributed by atoms with Gasteiger partial charge in [-0.05, 0) is 38.7 Å². The standard InChI is InChI=1S/C16H21N5/c1-12-8-13(2)20-15(19-12)9-14-4-3-7-21(11-14)16-10-17-5-6-18-16/h5-6,8,10,14H,3-4,7,9,11H2,1-2H3/t14-/m0/s1. The highest BCUT2D eigenvalue weighted by molar-refractivity contribution is 5.35. The summed E-state index contributed by atoms with van der Waals surface area (Å²) in [5.41, 5.74) is 2.11. The lowest BCUT2D eigenvalue weighted by atomic mass is 9.94. The van der Waals surface area contributed by atoms with Crippen molar-refractivity contribution in [2.75, 3.05) is 18.0 Å². The molecule has 0 aromatic carbocycles. The van der Waals surface area contributed by atoms with Gasteiger partial charge in [-0.15, -0.1) is 0 Å². The van der Waals surface area contributed by atoms with E-state index >= 15 is 0 Å². The van der Waals surface area contributed by atoms with Crippen molar-refractivity contribution in [3.05, 3.63) is 41.9 Å². The van der Waals surface area contributed by atoms with Crippen LogP contribution in [0, 0.1) is 19.8 Å². The van der Waals surface area contributed by atoms with E-state index in [1.165, 1.54) is 12.8 Å². The molecule has 0 radical (unpaired) electrons. The van der Waals surface area contributed by atoms with E-state index < -0.39 is 0 Å². The molecule has 1 fully saturated rings. The largest absolute Gasteiger partial charge is 0.355 e. The Balaban J connectivity index is 1.69. The Labute approximate surface area is 125 Å². The molecular weight excluding hydrogens is 262 g/mol. The van der Waals surface area contributed by atoms with E-state index in [4.69, 9.17) is 0 Å². The highest BCUT2D eigenvalue weighted by Crippen LogP contribution is 2.23. The number of aromatic nitrogens is 4. The molecule has 3 heterocycles. The van der Waals surface area contributed by atoms with Gasteiger partial charge in [-0.25, -0.2) is 15.0 Å². The summed E-state index contributed by atoms with van der Waals surface area (Å²) < 4.78 is 0. The molecular formula is C16H21N5. The Hall–Kier alpha value is -2.04. The summed E-state index contributed by atoms with van der Waals surface area (Å²) >= 11 is 0. The van der Waals surface area contributed by atoms with Crippen LogP contribution in [0.25, 0.3) is 0 Å². The van der Waals surface area contributed by atoms with Crippen LogP contribution in [0.15, 0.2) is 24.7 Å². The van der Waals surface area contributed by atoms with E-state index in [2.05, 4.69) is 24.8 Å². The van der Waals surface area contributed by atoms with Crippen molar-refractivity contribution in [1.82, 2.24) is 19.9 Å². The maximum absolute atomic E-state index is 4.57. The molecule has 3 rings (SSSR count). The zero-order valence-electron chi connectivity index (χ0n) is 12.7. The smallest absolute Gasteiger partial charge is 0.147 e. The quantitative estimate of drug-likeness (QED) is 0.865. The molecule has 0 bridgehead atoms. The average molecular weight is 283 g/mol. The molecule has 5 heteroatoms. The monoisotopic (exact) mass is 283 g/mol.